The maximum atomic E-state index is 12.9. The Bertz CT molecular complexity index is 823. The fraction of sp³-hybridized carbons (Fsp3) is 0.318. The summed E-state index contributed by atoms with van der Waals surface area (Å²) in [4.78, 5) is 14.6. The fourth-order valence-corrected chi connectivity index (χ4v) is 3.58. The van der Waals surface area contributed by atoms with Gasteiger partial charge >= 0.3 is 0 Å². The van der Waals surface area contributed by atoms with Crippen molar-refractivity contribution < 1.29 is 14.3 Å². The van der Waals surface area contributed by atoms with E-state index in [-0.39, 0.29) is 18.0 Å². The van der Waals surface area contributed by atoms with E-state index in [9.17, 15) is 4.79 Å². The number of carbonyl (C=O) groups excluding carboxylic acids is 1. The molecule has 146 valence electrons. The Kier molecular flexibility index (Phi) is 5.48. The van der Waals surface area contributed by atoms with Gasteiger partial charge in [0, 0.05) is 12.4 Å². The van der Waals surface area contributed by atoms with Gasteiger partial charge in [0.15, 0.2) is 0 Å². The number of hydrazine groups is 1. The van der Waals surface area contributed by atoms with Crippen LogP contribution in [-0.4, -0.2) is 41.6 Å². The monoisotopic (exact) mass is 379 g/mol. The van der Waals surface area contributed by atoms with Gasteiger partial charge in [0.1, 0.15) is 24.1 Å². The molecule has 0 radical (unpaired) electrons. The lowest BCUT2D eigenvalue weighted by Crippen LogP contribution is -2.48. The molecule has 1 fully saturated rings. The molecule has 2 heterocycles. The molecule has 2 aliphatic rings. The van der Waals surface area contributed by atoms with Gasteiger partial charge in [-0.3, -0.25) is 4.79 Å². The highest BCUT2D eigenvalue weighted by atomic mass is 16.5. The zero-order valence-corrected chi connectivity index (χ0v) is 16.0. The average Bonchev–Trinajstić information content (AvgIpc) is 3.17. The van der Waals surface area contributed by atoms with Gasteiger partial charge < -0.3 is 19.4 Å². The molecule has 0 bridgehead atoms. The molecule has 2 unspecified atom stereocenters. The lowest BCUT2D eigenvalue weighted by molar-refractivity contribution is -0.134. The van der Waals surface area contributed by atoms with Crippen LogP contribution in [0, 0.1) is 0 Å². The predicted octanol–water partition coefficient (Wildman–Crippen LogP) is 3.10. The Balaban J connectivity index is 1.34. The van der Waals surface area contributed by atoms with Crippen molar-refractivity contribution in [2.75, 3.05) is 19.8 Å². The maximum Gasteiger partial charge on any atom is 0.251 e. The zero-order valence-electron chi connectivity index (χ0n) is 16.0. The van der Waals surface area contributed by atoms with Crippen molar-refractivity contribution in [3.8, 4) is 11.5 Å². The van der Waals surface area contributed by atoms with Crippen LogP contribution in [0.1, 0.15) is 24.9 Å². The van der Waals surface area contributed by atoms with E-state index >= 15 is 0 Å². The van der Waals surface area contributed by atoms with Crippen molar-refractivity contribution in [2.24, 2.45) is 0 Å². The normalized spacial score (nSPS) is 21.0. The SMILES string of the molecule is CCOc1ccc(C2CC3C(=O)N(CCOc4ccccc4)C=CN3N2)cc1. The molecule has 6 nitrogen and oxygen atoms in total. The Morgan fingerprint density at radius 3 is 2.50 bits per heavy atom. The molecule has 1 saturated heterocycles. The Morgan fingerprint density at radius 2 is 1.75 bits per heavy atom. The summed E-state index contributed by atoms with van der Waals surface area (Å²) in [5, 5.41) is 1.91. The van der Waals surface area contributed by atoms with Gasteiger partial charge in [0.2, 0.25) is 0 Å². The molecule has 4 rings (SSSR count). The quantitative estimate of drug-likeness (QED) is 0.801. The molecular weight excluding hydrogens is 354 g/mol. The summed E-state index contributed by atoms with van der Waals surface area (Å²) < 4.78 is 11.2. The molecule has 0 saturated carbocycles. The van der Waals surface area contributed by atoms with E-state index in [0.29, 0.717) is 19.8 Å². The van der Waals surface area contributed by atoms with Gasteiger partial charge in [0.25, 0.3) is 5.91 Å². The molecule has 0 aliphatic carbocycles. The molecule has 2 aromatic rings. The molecule has 1 N–H and O–H groups in total. The first-order valence-electron chi connectivity index (χ1n) is 9.68. The van der Waals surface area contributed by atoms with Crippen molar-refractivity contribution >= 4 is 5.91 Å². The molecule has 2 aliphatic heterocycles. The number of hydrogen-bond acceptors (Lipinski definition) is 5. The minimum absolute atomic E-state index is 0.0973. The van der Waals surface area contributed by atoms with Gasteiger partial charge in [-0.25, -0.2) is 5.43 Å². The number of nitrogens with zero attached hydrogens (tertiary/aromatic N) is 2. The van der Waals surface area contributed by atoms with E-state index in [0.717, 1.165) is 23.5 Å². The summed E-state index contributed by atoms with van der Waals surface area (Å²) >= 11 is 0. The van der Waals surface area contributed by atoms with E-state index in [1.165, 1.54) is 0 Å². The summed E-state index contributed by atoms with van der Waals surface area (Å²) in [6, 6.07) is 17.6. The molecule has 2 aromatic carbocycles. The first-order valence-corrected chi connectivity index (χ1v) is 9.68. The van der Waals surface area contributed by atoms with Gasteiger partial charge in [-0.15, -0.1) is 0 Å². The fourth-order valence-electron chi connectivity index (χ4n) is 3.58. The van der Waals surface area contributed by atoms with Crippen molar-refractivity contribution in [3.63, 3.8) is 0 Å². The lowest BCUT2D eigenvalue weighted by atomic mass is 10.0. The van der Waals surface area contributed by atoms with Gasteiger partial charge in [0.05, 0.1) is 19.2 Å². The number of hydrogen-bond donors (Lipinski definition) is 1. The number of ether oxygens (including phenoxy) is 2. The topological polar surface area (TPSA) is 54.0 Å². The number of benzene rings is 2. The van der Waals surface area contributed by atoms with E-state index in [2.05, 4.69) is 17.6 Å². The van der Waals surface area contributed by atoms with Crippen LogP contribution in [0.2, 0.25) is 0 Å². The van der Waals surface area contributed by atoms with Crippen LogP contribution in [0.3, 0.4) is 0 Å². The van der Waals surface area contributed by atoms with Crippen LogP contribution in [0.5, 0.6) is 11.5 Å². The first-order chi connectivity index (χ1) is 13.7. The smallest absolute Gasteiger partial charge is 0.251 e. The van der Waals surface area contributed by atoms with Crippen LogP contribution >= 0.6 is 0 Å². The molecule has 6 heteroatoms. The zero-order chi connectivity index (χ0) is 19.3. The summed E-state index contributed by atoms with van der Waals surface area (Å²) in [5.74, 6) is 1.78. The standard InChI is InChI=1S/C22H25N3O3/c1-2-27-19-10-8-17(9-11-19)20-16-21-22(26)24(12-13-25(21)23-20)14-15-28-18-6-4-3-5-7-18/h3-13,20-21,23H,2,14-16H2,1H3. The number of para-hydroxylation sites is 1. The van der Waals surface area contributed by atoms with E-state index in [4.69, 9.17) is 9.47 Å². The number of carbonyl (C=O) groups is 1. The lowest BCUT2D eigenvalue weighted by Gasteiger charge is -2.31. The number of fused-ring (bicyclic) bond motifs is 1. The second-order valence-corrected chi connectivity index (χ2v) is 6.83. The minimum Gasteiger partial charge on any atom is -0.494 e. The predicted molar refractivity (Wildman–Crippen MR) is 107 cm³/mol. The largest absolute Gasteiger partial charge is 0.494 e. The third kappa shape index (κ3) is 3.97. The highest BCUT2D eigenvalue weighted by Gasteiger charge is 2.39. The number of amides is 1. The van der Waals surface area contributed by atoms with Crippen molar-refractivity contribution in [2.45, 2.75) is 25.4 Å². The van der Waals surface area contributed by atoms with Gasteiger partial charge in [-0.05, 0) is 43.2 Å². The Labute approximate surface area is 165 Å². The molecule has 28 heavy (non-hydrogen) atoms. The summed E-state index contributed by atoms with van der Waals surface area (Å²) in [5.41, 5.74) is 4.57. The second-order valence-electron chi connectivity index (χ2n) is 6.83. The Hall–Kier alpha value is -2.99. The number of nitrogens with one attached hydrogen (secondary N) is 1. The first kappa shape index (κ1) is 18.4. The van der Waals surface area contributed by atoms with Crippen molar-refractivity contribution in [1.82, 2.24) is 15.3 Å². The second kappa shape index (κ2) is 8.35. The van der Waals surface area contributed by atoms with Crippen LogP contribution in [0.15, 0.2) is 67.0 Å². The van der Waals surface area contributed by atoms with E-state index in [1.807, 2.05) is 66.8 Å². The molecular formula is C22H25N3O3. The maximum absolute atomic E-state index is 12.9. The van der Waals surface area contributed by atoms with Crippen LogP contribution in [0.25, 0.3) is 0 Å². The molecule has 2 atom stereocenters. The third-order valence-electron chi connectivity index (χ3n) is 5.01. The summed E-state index contributed by atoms with van der Waals surface area (Å²) in [6.07, 6.45) is 4.48. The van der Waals surface area contributed by atoms with Crippen LogP contribution in [-0.2, 0) is 4.79 Å². The third-order valence-corrected chi connectivity index (χ3v) is 5.01. The van der Waals surface area contributed by atoms with Crippen molar-refractivity contribution in [1.29, 1.82) is 0 Å². The van der Waals surface area contributed by atoms with Gasteiger partial charge in [-0.1, -0.05) is 30.3 Å². The molecule has 0 aromatic heterocycles. The number of rotatable bonds is 7. The minimum atomic E-state index is -0.196. The van der Waals surface area contributed by atoms with E-state index in [1.54, 1.807) is 4.90 Å². The summed E-state index contributed by atoms with van der Waals surface area (Å²) in [7, 11) is 0. The molecule has 0 spiro atoms. The summed E-state index contributed by atoms with van der Waals surface area (Å²) in [6.45, 7) is 3.61. The average molecular weight is 379 g/mol. The van der Waals surface area contributed by atoms with Crippen molar-refractivity contribution in [3.05, 3.63) is 72.6 Å². The van der Waals surface area contributed by atoms with Crippen LogP contribution in [0.4, 0.5) is 0 Å². The highest BCUT2D eigenvalue weighted by Crippen LogP contribution is 2.31. The molecule has 1 amide bonds. The van der Waals surface area contributed by atoms with Crippen LogP contribution < -0.4 is 14.9 Å². The Morgan fingerprint density at radius 1 is 1.00 bits per heavy atom. The highest BCUT2D eigenvalue weighted by molar-refractivity contribution is 5.84. The van der Waals surface area contributed by atoms with Gasteiger partial charge in [-0.2, -0.15) is 0 Å². The van der Waals surface area contributed by atoms with E-state index < -0.39 is 0 Å².